The number of hydrogen-bond acceptors (Lipinski definition) is 6. The topological polar surface area (TPSA) is 63.8 Å². The molecule has 3 heterocycles. The van der Waals surface area contributed by atoms with Gasteiger partial charge >= 0.3 is 0 Å². The number of aromatic nitrogens is 3. The first kappa shape index (κ1) is 33.0. The highest BCUT2D eigenvalue weighted by Gasteiger charge is 2.21. The molecule has 0 unspecified atom stereocenters. The molecule has 11 rings (SSSR count). The Morgan fingerprint density at radius 1 is 0.386 bits per heavy atom. The summed E-state index contributed by atoms with van der Waals surface area (Å²) in [6.45, 7) is 0. The number of para-hydroxylation sites is 1. The first-order valence-electron chi connectivity index (χ1n) is 18.9. The standard InChI is InChI=1S/C51H32N4OS/c1-4-15-32(16-5-1)36-21-10-11-25-41(36)52-35-29-30-39-43(31-35)56-42-26-12-22-37(46(39)42)38-23-13-27-44-47(38)48-40(24-14-28-45(48)57-44)51-54-49(33-17-6-2-7-18-33)53-50(55-51)34-19-8-3-9-20-34/h1-31,52H. The molecule has 0 saturated heterocycles. The zero-order chi connectivity index (χ0) is 37.7. The largest absolute Gasteiger partial charge is 0.456 e. The van der Waals surface area contributed by atoms with Crippen LogP contribution < -0.4 is 5.32 Å². The minimum Gasteiger partial charge on any atom is -0.456 e. The minimum atomic E-state index is 0.642. The third kappa shape index (κ3) is 5.82. The second-order valence-electron chi connectivity index (χ2n) is 14.0. The quantitative estimate of drug-likeness (QED) is 0.176. The maximum absolute atomic E-state index is 6.63. The van der Waals surface area contributed by atoms with E-state index in [9.17, 15) is 0 Å². The summed E-state index contributed by atoms with van der Waals surface area (Å²) in [4.78, 5) is 15.3. The van der Waals surface area contributed by atoms with E-state index in [0.29, 0.717) is 17.5 Å². The van der Waals surface area contributed by atoms with E-state index < -0.39 is 0 Å². The minimum absolute atomic E-state index is 0.642. The van der Waals surface area contributed by atoms with E-state index in [-0.39, 0.29) is 0 Å². The molecule has 0 atom stereocenters. The van der Waals surface area contributed by atoms with Gasteiger partial charge in [-0.15, -0.1) is 11.3 Å². The van der Waals surface area contributed by atoms with E-state index in [4.69, 9.17) is 19.4 Å². The van der Waals surface area contributed by atoms with Crippen molar-refractivity contribution in [2.75, 3.05) is 5.32 Å². The predicted molar refractivity (Wildman–Crippen MR) is 237 cm³/mol. The molecule has 57 heavy (non-hydrogen) atoms. The number of benzene rings is 8. The fourth-order valence-corrected chi connectivity index (χ4v) is 9.11. The Balaban J connectivity index is 1.07. The van der Waals surface area contributed by atoms with Crippen LogP contribution in [0.3, 0.4) is 0 Å². The number of fused-ring (bicyclic) bond motifs is 6. The van der Waals surface area contributed by atoms with Crippen LogP contribution in [0.5, 0.6) is 0 Å². The maximum atomic E-state index is 6.63. The molecule has 0 aliphatic rings. The molecular formula is C51H32N4OS. The molecule has 0 aliphatic heterocycles. The zero-order valence-electron chi connectivity index (χ0n) is 30.6. The molecule has 0 bridgehead atoms. The summed E-state index contributed by atoms with van der Waals surface area (Å²) >= 11 is 1.79. The lowest BCUT2D eigenvalue weighted by Crippen LogP contribution is -2.00. The van der Waals surface area contributed by atoms with Gasteiger partial charge in [-0.25, -0.2) is 15.0 Å². The van der Waals surface area contributed by atoms with Crippen molar-refractivity contribution in [3.8, 4) is 56.4 Å². The lowest BCUT2D eigenvalue weighted by atomic mass is 9.94. The Labute approximate surface area is 332 Å². The number of furan rings is 1. The lowest BCUT2D eigenvalue weighted by Gasteiger charge is -2.12. The average Bonchev–Trinajstić information content (AvgIpc) is 3.86. The summed E-state index contributed by atoms with van der Waals surface area (Å²) in [6.07, 6.45) is 0. The van der Waals surface area contributed by atoms with Crippen LogP contribution in [0.15, 0.2) is 192 Å². The molecule has 5 nitrogen and oxygen atoms in total. The second kappa shape index (κ2) is 13.7. The molecule has 268 valence electrons. The van der Waals surface area contributed by atoms with Gasteiger partial charge < -0.3 is 9.73 Å². The fraction of sp³-hybridized carbons (Fsp3) is 0. The van der Waals surface area contributed by atoms with Crippen molar-refractivity contribution in [3.63, 3.8) is 0 Å². The summed E-state index contributed by atoms with van der Waals surface area (Å²) in [5, 5.41) is 8.13. The van der Waals surface area contributed by atoms with Crippen LogP contribution in [0.4, 0.5) is 11.4 Å². The maximum Gasteiger partial charge on any atom is 0.164 e. The lowest BCUT2D eigenvalue weighted by molar-refractivity contribution is 0.669. The summed E-state index contributed by atoms with van der Waals surface area (Å²) in [6, 6.07) is 65.0. The van der Waals surface area contributed by atoms with Gasteiger partial charge in [-0.05, 0) is 53.1 Å². The second-order valence-corrected chi connectivity index (χ2v) is 15.1. The number of rotatable bonds is 7. The molecule has 0 spiro atoms. The van der Waals surface area contributed by atoms with E-state index in [1.54, 1.807) is 11.3 Å². The summed E-state index contributed by atoms with van der Waals surface area (Å²) in [5.74, 6) is 1.93. The predicted octanol–water partition coefficient (Wildman–Crippen LogP) is 14.2. The highest BCUT2D eigenvalue weighted by Crippen LogP contribution is 2.47. The molecule has 1 N–H and O–H groups in total. The number of nitrogens with zero attached hydrogens (tertiary/aromatic N) is 3. The van der Waals surface area contributed by atoms with Gasteiger partial charge in [-0.2, -0.15) is 0 Å². The summed E-state index contributed by atoms with van der Waals surface area (Å²) < 4.78 is 9.00. The van der Waals surface area contributed by atoms with E-state index in [0.717, 1.165) is 77.6 Å². The van der Waals surface area contributed by atoms with Crippen LogP contribution in [0.25, 0.3) is 98.5 Å². The van der Waals surface area contributed by atoms with Crippen LogP contribution in [-0.2, 0) is 0 Å². The monoisotopic (exact) mass is 748 g/mol. The normalized spacial score (nSPS) is 11.5. The number of thiophene rings is 1. The van der Waals surface area contributed by atoms with Crippen LogP contribution in [0.2, 0.25) is 0 Å². The third-order valence-corrected chi connectivity index (χ3v) is 11.7. The Morgan fingerprint density at radius 2 is 0.912 bits per heavy atom. The summed E-state index contributed by atoms with van der Waals surface area (Å²) in [5.41, 5.74) is 11.1. The van der Waals surface area contributed by atoms with Gasteiger partial charge in [-0.1, -0.05) is 146 Å². The first-order chi connectivity index (χ1) is 28.2. The fourth-order valence-electron chi connectivity index (χ4n) is 7.95. The van der Waals surface area contributed by atoms with E-state index in [2.05, 4.69) is 127 Å². The van der Waals surface area contributed by atoms with Crippen molar-refractivity contribution < 1.29 is 4.42 Å². The number of anilines is 2. The van der Waals surface area contributed by atoms with Gasteiger partial charge in [-0.3, -0.25) is 0 Å². The molecule has 3 aromatic heterocycles. The van der Waals surface area contributed by atoms with Crippen molar-refractivity contribution in [3.05, 3.63) is 188 Å². The molecule has 0 fully saturated rings. The molecule has 0 aliphatic carbocycles. The average molecular weight is 749 g/mol. The van der Waals surface area contributed by atoms with Crippen molar-refractivity contribution in [2.45, 2.75) is 0 Å². The SMILES string of the molecule is c1ccc(-c2nc(-c3ccccc3)nc(-c3cccc4sc5cccc(-c6cccc7oc8cc(Nc9ccccc9-c9ccccc9)ccc8c67)c5c34)n2)cc1. The molecule has 0 saturated carbocycles. The Morgan fingerprint density at radius 3 is 1.60 bits per heavy atom. The van der Waals surface area contributed by atoms with Gasteiger partial charge in [0, 0.05) is 70.6 Å². The molecule has 0 amide bonds. The van der Waals surface area contributed by atoms with Gasteiger partial charge in [0.1, 0.15) is 11.2 Å². The van der Waals surface area contributed by atoms with Crippen molar-refractivity contribution >= 4 is 64.8 Å². The molecule has 6 heteroatoms. The highest BCUT2D eigenvalue weighted by molar-refractivity contribution is 7.26. The van der Waals surface area contributed by atoms with Crippen molar-refractivity contribution in [1.29, 1.82) is 0 Å². The van der Waals surface area contributed by atoms with Gasteiger partial charge in [0.15, 0.2) is 17.5 Å². The van der Waals surface area contributed by atoms with Crippen molar-refractivity contribution in [1.82, 2.24) is 15.0 Å². The zero-order valence-corrected chi connectivity index (χ0v) is 31.4. The third-order valence-electron chi connectivity index (χ3n) is 10.5. The first-order valence-corrected chi connectivity index (χ1v) is 19.8. The van der Waals surface area contributed by atoms with E-state index in [1.165, 1.54) is 14.8 Å². The molecule has 0 radical (unpaired) electrons. The Bertz CT molecular complexity index is 3210. The van der Waals surface area contributed by atoms with E-state index in [1.807, 2.05) is 66.7 Å². The van der Waals surface area contributed by atoms with Crippen LogP contribution in [-0.4, -0.2) is 15.0 Å². The van der Waals surface area contributed by atoms with Gasteiger partial charge in [0.25, 0.3) is 0 Å². The molecular weight excluding hydrogens is 717 g/mol. The van der Waals surface area contributed by atoms with E-state index >= 15 is 0 Å². The summed E-state index contributed by atoms with van der Waals surface area (Å²) in [7, 11) is 0. The smallest absolute Gasteiger partial charge is 0.164 e. The van der Waals surface area contributed by atoms with Gasteiger partial charge in [0.2, 0.25) is 0 Å². The van der Waals surface area contributed by atoms with Crippen LogP contribution in [0.1, 0.15) is 0 Å². The highest BCUT2D eigenvalue weighted by atomic mass is 32.1. The Hall–Kier alpha value is -7.41. The van der Waals surface area contributed by atoms with Gasteiger partial charge in [0.05, 0.1) is 0 Å². The van der Waals surface area contributed by atoms with Crippen molar-refractivity contribution in [2.24, 2.45) is 0 Å². The van der Waals surface area contributed by atoms with Crippen LogP contribution >= 0.6 is 11.3 Å². The number of hydrogen-bond donors (Lipinski definition) is 1. The van der Waals surface area contributed by atoms with Crippen LogP contribution in [0, 0.1) is 0 Å². The Kier molecular flexibility index (Phi) is 7.93. The molecule has 11 aromatic rings. The molecule has 8 aromatic carbocycles. The number of nitrogens with one attached hydrogen (secondary N) is 1.